The summed E-state index contributed by atoms with van der Waals surface area (Å²) in [5.41, 5.74) is 0. The Hall–Kier alpha value is -0.270. The van der Waals surface area contributed by atoms with E-state index in [2.05, 4.69) is 0 Å². The third kappa shape index (κ3) is 2.36. The van der Waals surface area contributed by atoms with E-state index >= 15 is 0 Å². The number of nitrogens with one attached hydrogen (secondary N) is 3. The predicted octanol–water partition coefficient (Wildman–Crippen LogP) is -3.50. The Bertz CT molecular complexity index is 376. The van der Waals surface area contributed by atoms with Crippen molar-refractivity contribution in [1.29, 1.82) is 0 Å². The Labute approximate surface area is 68.7 Å². The fourth-order valence-electron chi connectivity index (χ4n) is 0.484. The van der Waals surface area contributed by atoms with Crippen LogP contribution in [0.4, 0.5) is 0 Å². The summed E-state index contributed by atoms with van der Waals surface area (Å²) in [4.78, 5) is 0. The van der Waals surface area contributed by atoms with E-state index in [1.54, 1.807) is 0 Å². The summed E-state index contributed by atoms with van der Waals surface area (Å²) in [6.45, 7) is 0. The van der Waals surface area contributed by atoms with Crippen molar-refractivity contribution >= 4 is 30.6 Å². The molecule has 1 fully saturated rings. The van der Waals surface area contributed by atoms with Crippen LogP contribution in [-0.2, 0) is 30.6 Å². The minimum Gasteiger partial charge on any atom is -0.193 e. The average Bonchev–Trinajstić information content (AvgIpc) is 1.44. The molecule has 1 saturated heterocycles. The second-order valence-corrected chi connectivity index (χ2v) is 6.78. The van der Waals surface area contributed by atoms with E-state index in [0.717, 1.165) is 12.4 Å². The van der Waals surface area contributed by atoms with Gasteiger partial charge in [-0.15, -0.1) is 0 Å². The fourth-order valence-corrected chi connectivity index (χ4v) is 5.28. The second-order valence-electron chi connectivity index (χ2n) is 1.76. The van der Waals surface area contributed by atoms with E-state index in [1.807, 2.05) is 0 Å². The van der Waals surface area contributed by atoms with Crippen molar-refractivity contribution in [3.63, 3.8) is 0 Å². The topological polar surface area (TPSA) is 139 Å². The van der Waals surface area contributed by atoms with Crippen LogP contribution >= 0.6 is 0 Å². The molecule has 12 heteroatoms. The predicted molar refractivity (Wildman–Crippen MR) is 36.2 cm³/mol. The molecule has 1 aliphatic heterocycles. The molecular formula is H3N3O6S3. The van der Waals surface area contributed by atoms with Crippen LogP contribution in [0.15, 0.2) is 0 Å². The van der Waals surface area contributed by atoms with Gasteiger partial charge >= 0.3 is 30.6 Å². The van der Waals surface area contributed by atoms with Crippen molar-refractivity contribution in [3.05, 3.63) is 0 Å². The van der Waals surface area contributed by atoms with Gasteiger partial charge in [-0.05, 0) is 0 Å². The van der Waals surface area contributed by atoms with Crippen molar-refractivity contribution < 1.29 is 25.3 Å². The third-order valence-corrected chi connectivity index (χ3v) is 5.92. The summed E-state index contributed by atoms with van der Waals surface area (Å²) in [5.74, 6) is 0. The maximum atomic E-state index is 10.5. The third-order valence-electron chi connectivity index (χ3n) is 0.658. The Morgan fingerprint density at radius 2 is 0.667 bits per heavy atom. The Balaban J connectivity index is 3.33. The number of hydrogen-bond donors (Lipinski definition) is 3. The van der Waals surface area contributed by atoms with Gasteiger partial charge in [0.05, 0.1) is 0 Å². The summed E-state index contributed by atoms with van der Waals surface area (Å²) < 4.78 is 65.9. The van der Waals surface area contributed by atoms with Crippen LogP contribution < -0.4 is 12.4 Å². The molecule has 0 aliphatic carbocycles. The number of hydrogen-bond acceptors (Lipinski definition) is 6. The molecule has 0 atom stereocenters. The van der Waals surface area contributed by atoms with Gasteiger partial charge < -0.3 is 0 Å². The van der Waals surface area contributed by atoms with E-state index in [1.165, 1.54) is 0 Å². The summed E-state index contributed by atoms with van der Waals surface area (Å²) >= 11 is 0. The molecule has 3 N–H and O–H groups in total. The molecule has 1 rings (SSSR count). The molecule has 0 radical (unpaired) electrons. The monoisotopic (exact) mass is 237 g/mol. The smallest absolute Gasteiger partial charge is 0.193 e. The van der Waals surface area contributed by atoms with E-state index in [0.29, 0.717) is 0 Å². The Morgan fingerprint density at radius 1 is 0.500 bits per heavy atom. The van der Waals surface area contributed by atoms with Crippen LogP contribution in [0.2, 0.25) is 0 Å². The van der Waals surface area contributed by atoms with Gasteiger partial charge in [-0.2, -0.15) is 25.3 Å². The highest BCUT2D eigenvalue weighted by Crippen LogP contribution is 1.95. The highest BCUT2D eigenvalue weighted by molar-refractivity contribution is 8.17. The molecule has 0 aromatic rings. The van der Waals surface area contributed by atoms with Crippen LogP contribution in [0.25, 0.3) is 0 Å². The highest BCUT2D eigenvalue weighted by atomic mass is 32.3. The minimum absolute atomic E-state index is 1.03. The SMILES string of the molecule is O=S1(=O)NS(=O)(=O)NS(=O)(=O)N1. The van der Waals surface area contributed by atoms with Gasteiger partial charge in [-0.25, -0.2) is 0 Å². The quantitative estimate of drug-likeness (QED) is 0.399. The lowest BCUT2D eigenvalue weighted by atomic mass is 13.8. The van der Waals surface area contributed by atoms with Crippen LogP contribution in [0.3, 0.4) is 0 Å². The zero-order valence-corrected chi connectivity index (χ0v) is 7.62. The van der Waals surface area contributed by atoms with E-state index in [-0.39, 0.29) is 0 Å². The van der Waals surface area contributed by atoms with Gasteiger partial charge in [0.15, 0.2) is 0 Å². The lowest BCUT2D eigenvalue weighted by Crippen LogP contribution is -2.58. The lowest BCUT2D eigenvalue weighted by molar-refractivity contribution is 0.553. The first kappa shape index (κ1) is 9.82. The van der Waals surface area contributed by atoms with Crippen molar-refractivity contribution in [2.75, 3.05) is 0 Å². The molecule has 9 nitrogen and oxygen atoms in total. The molecule has 12 heavy (non-hydrogen) atoms. The van der Waals surface area contributed by atoms with Crippen LogP contribution in [0.1, 0.15) is 0 Å². The average molecular weight is 237 g/mol. The van der Waals surface area contributed by atoms with Crippen molar-refractivity contribution in [2.45, 2.75) is 0 Å². The van der Waals surface area contributed by atoms with Crippen molar-refractivity contribution in [3.8, 4) is 0 Å². The standard InChI is InChI=1S/H3N3O6S3/c4-10(5)1-11(6,7)3-12(8,9)2-10/h1-3H. The molecule has 0 unspecified atom stereocenters. The fraction of sp³-hybridized carbons (Fsp3) is 0. The van der Waals surface area contributed by atoms with Crippen molar-refractivity contribution in [2.24, 2.45) is 0 Å². The van der Waals surface area contributed by atoms with E-state index in [4.69, 9.17) is 0 Å². The molecular weight excluding hydrogens is 234 g/mol. The maximum Gasteiger partial charge on any atom is 0.305 e. The molecule has 0 aromatic carbocycles. The normalized spacial score (nSPS) is 31.0. The molecule has 1 heterocycles. The Kier molecular flexibility index (Phi) is 1.93. The summed E-state index contributed by atoms with van der Waals surface area (Å²) in [6, 6.07) is 0. The Morgan fingerprint density at radius 3 is 0.833 bits per heavy atom. The van der Waals surface area contributed by atoms with Crippen LogP contribution in [0, 0.1) is 0 Å². The highest BCUT2D eigenvalue weighted by Gasteiger charge is 2.35. The first-order valence-electron chi connectivity index (χ1n) is 2.22. The first-order chi connectivity index (χ1) is 5.12. The van der Waals surface area contributed by atoms with Gasteiger partial charge in [-0.3, -0.25) is 0 Å². The van der Waals surface area contributed by atoms with Gasteiger partial charge in [0.25, 0.3) is 0 Å². The molecule has 0 spiro atoms. The van der Waals surface area contributed by atoms with Gasteiger partial charge in [-0.1, -0.05) is 12.4 Å². The van der Waals surface area contributed by atoms with E-state index < -0.39 is 30.6 Å². The second kappa shape index (κ2) is 2.36. The maximum absolute atomic E-state index is 10.5. The van der Waals surface area contributed by atoms with Gasteiger partial charge in [0.1, 0.15) is 0 Å². The minimum atomic E-state index is -4.54. The summed E-state index contributed by atoms with van der Waals surface area (Å²) in [5, 5.41) is 0. The van der Waals surface area contributed by atoms with Crippen molar-refractivity contribution in [1.82, 2.24) is 12.4 Å². The van der Waals surface area contributed by atoms with E-state index in [9.17, 15) is 25.3 Å². The molecule has 0 saturated carbocycles. The molecule has 72 valence electrons. The summed E-state index contributed by atoms with van der Waals surface area (Å²) in [6.07, 6.45) is 0. The number of rotatable bonds is 0. The van der Waals surface area contributed by atoms with Gasteiger partial charge in [0, 0.05) is 0 Å². The molecule has 0 amide bonds. The molecule has 0 bridgehead atoms. The van der Waals surface area contributed by atoms with Crippen LogP contribution in [-0.4, -0.2) is 25.3 Å². The van der Waals surface area contributed by atoms with Crippen LogP contribution in [0.5, 0.6) is 0 Å². The molecule has 1 aliphatic rings. The first-order valence-corrected chi connectivity index (χ1v) is 6.67. The lowest BCUT2D eigenvalue weighted by Gasteiger charge is -2.14. The zero-order valence-electron chi connectivity index (χ0n) is 5.17. The summed E-state index contributed by atoms with van der Waals surface area (Å²) in [7, 11) is -13.6. The largest absolute Gasteiger partial charge is 0.305 e. The van der Waals surface area contributed by atoms with Gasteiger partial charge in [0.2, 0.25) is 0 Å². The molecule has 0 aromatic heterocycles. The zero-order chi connectivity index (χ0) is 9.62.